The van der Waals surface area contributed by atoms with E-state index in [0.29, 0.717) is 17.9 Å². The van der Waals surface area contributed by atoms with Gasteiger partial charge in [-0.2, -0.15) is 0 Å². The molecule has 1 heterocycles. The van der Waals surface area contributed by atoms with Crippen molar-refractivity contribution in [1.29, 1.82) is 0 Å². The number of nitrogens with two attached hydrogens (primary N) is 1. The smallest absolute Gasteiger partial charge is 0.154 e. The Labute approximate surface area is 182 Å². The van der Waals surface area contributed by atoms with Crippen molar-refractivity contribution in [2.45, 2.75) is 37.8 Å². The van der Waals surface area contributed by atoms with Crippen molar-refractivity contribution >= 4 is 40.5 Å². The van der Waals surface area contributed by atoms with Gasteiger partial charge in [-0.15, -0.1) is 0 Å². The van der Waals surface area contributed by atoms with Crippen molar-refractivity contribution in [3.63, 3.8) is 0 Å². The van der Waals surface area contributed by atoms with Crippen molar-refractivity contribution in [3.8, 4) is 5.75 Å². The van der Waals surface area contributed by atoms with Crippen LogP contribution in [0.5, 0.6) is 5.75 Å². The molecule has 0 radical (unpaired) electrons. The molecule has 1 aliphatic carbocycles. The summed E-state index contributed by atoms with van der Waals surface area (Å²) >= 11 is 5.98. The van der Waals surface area contributed by atoms with Gasteiger partial charge in [0.05, 0.1) is 12.6 Å². The summed E-state index contributed by atoms with van der Waals surface area (Å²) in [6.45, 7) is 0. The molecule has 1 saturated carbocycles. The van der Waals surface area contributed by atoms with Crippen LogP contribution in [0.3, 0.4) is 0 Å². The van der Waals surface area contributed by atoms with E-state index in [1.54, 1.807) is 7.11 Å². The highest BCUT2D eigenvalue weighted by Gasteiger charge is 2.24. The van der Waals surface area contributed by atoms with Crippen LogP contribution in [-0.4, -0.2) is 36.2 Å². The second-order valence-electron chi connectivity index (χ2n) is 7.85. The molecule has 0 atom stereocenters. The zero-order valence-electron chi connectivity index (χ0n) is 17.4. The third-order valence-corrected chi connectivity index (χ3v) is 6.07. The van der Waals surface area contributed by atoms with Crippen LogP contribution in [0.1, 0.15) is 37.1 Å². The van der Waals surface area contributed by atoms with Gasteiger partial charge < -0.3 is 15.4 Å². The Morgan fingerprint density at radius 2 is 1.77 bits per heavy atom. The molecular weight excluding hydrogens is 396 g/mol. The van der Waals surface area contributed by atoms with Crippen molar-refractivity contribution in [1.82, 2.24) is 9.97 Å². The van der Waals surface area contributed by atoms with Crippen molar-refractivity contribution in [2.75, 3.05) is 19.1 Å². The molecule has 6 heteroatoms. The Morgan fingerprint density at radius 3 is 2.47 bits per heavy atom. The summed E-state index contributed by atoms with van der Waals surface area (Å²) in [4.78, 5) is 12.0. The minimum atomic E-state index is 0.315. The van der Waals surface area contributed by atoms with Crippen LogP contribution >= 0.6 is 11.6 Å². The Kier molecular flexibility index (Phi) is 6.21. The lowest BCUT2D eigenvalue weighted by molar-refractivity contribution is 0.384. The monoisotopic (exact) mass is 422 g/mol. The maximum atomic E-state index is 6.11. The average molecular weight is 423 g/mol. The fraction of sp³-hybridized carbons (Fsp3) is 0.333. The summed E-state index contributed by atoms with van der Waals surface area (Å²) in [5.41, 5.74) is 8.06. The second kappa shape index (κ2) is 9.02. The maximum Gasteiger partial charge on any atom is 0.154 e. The molecule has 3 aromatic rings. The largest absolute Gasteiger partial charge is 0.497 e. The van der Waals surface area contributed by atoms with Crippen molar-refractivity contribution < 1.29 is 4.74 Å². The first kappa shape index (κ1) is 20.6. The lowest BCUT2D eigenvalue weighted by Gasteiger charge is -2.34. The van der Waals surface area contributed by atoms with Crippen LogP contribution in [0.4, 0.5) is 5.82 Å². The fourth-order valence-electron chi connectivity index (χ4n) is 3.99. The summed E-state index contributed by atoms with van der Waals surface area (Å²) in [6.07, 6.45) is 8.19. The number of nitrogens with zero attached hydrogens (tertiary/aromatic N) is 3. The number of benzene rings is 2. The molecular formula is C24H27ClN4O. The molecule has 0 saturated heterocycles. The molecule has 0 unspecified atom stereocenters. The quantitative estimate of drug-likeness (QED) is 0.614. The minimum absolute atomic E-state index is 0.315. The topological polar surface area (TPSA) is 64.3 Å². The van der Waals surface area contributed by atoms with E-state index in [2.05, 4.69) is 11.9 Å². The summed E-state index contributed by atoms with van der Waals surface area (Å²) in [6, 6.07) is 14.4. The number of fused-ring (bicyclic) bond motifs is 1. The highest BCUT2D eigenvalue weighted by molar-refractivity contribution is 6.30. The highest BCUT2D eigenvalue weighted by Crippen LogP contribution is 2.32. The summed E-state index contributed by atoms with van der Waals surface area (Å²) in [7, 11) is 3.80. The molecule has 0 spiro atoms. The van der Waals surface area contributed by atoms with Gasteiger partial charge in [0.15, 0.2) is 5.82 Å². The average Bonchev–Trinajstić information content (AvgIpc) is 2.78. The Bertz CT molecular complexity index is 1040. The number of ether oxygens (including phenoxy) is 1. The SMILES string of the molecule is COc1ccc2nc(C=Cc3ccc(Cl)cc3)nc(N(C)C3CCC(N)CC3)c2c1. The lowest BCUT2D eigenvalue weighted by atomic mass is 9.91. The maximum absolute atomic E-state index is 6.11. The number of aromatic nitrogens is 2. The van der Waals surface area contributed by atoms with Gasteiger partial charge in [0.1, 0.15) is 11.6 Å². The van der Waals surface area contributed by atoms with E-state index >= 15 is 0 Å². The van der Waals surface area contributed by atoms with E-state index in [4.69, 9.17) is 32.0 Å². The van der Waals surface area contributed by atoms with E-state index in [0.717, 1.165) is 58.7 Å². The van der Waals surface area contributed by atoms with E-state index in [1.807, 2.05) is 54.6 Å². The number of rotatable bonds is 5. The molecule has 0 aliphatic heterocycles. The lowest BCUT2D eigenvalue weighted by Crippen LogP contribution is -2.39. The zero-order valence-corrected chi connectivity index (χ0v) is 18.1. The van der Waals surface area contributed by atoms with Crippen LogP contribution in [0.2, 0.25) is 5.02 Å². The molecule has 0 amide bonds. The summed E-state index contributed by atoms with van der Waals surface area (Å²) < 4.78 is 5.45. The van der Waals surface area contributed by atoms with Gasteiger partial charge in [0, 0.05) is 29.5 Å². The van der Waals surface area contributed by atoms with Gasteiger partial charge in [0.2, 0.25) is 0 Å². The zero-order chi connectivity index (χ0) is 21.1. The first-order valence-electron chi connectivity index (χ1n) is 10.3. The van der Waals surface area contributed by atoms with Crippen LogP contribution in [-0.2, 0) is 0 Å². The molecule has 1 fully saturated rings. The molecule has 1 aromatic heterocycles. The first-order chi connectivity index (χ1) is 14.5. The fourth-order valence-corrected chi connectivity index (χ4v) is 4.11. The first-order valence-corrected chi connectivity index (χ1v) is 10.7. The molecule has 0 bridgehead atoms. The second-order valence-corrected chi connectivity index (χ2v) is 8.29. The molecule has 5 nitrogen and oxygen atoms in total. The predicted octanol–water partition coefficient (Wildman–Crippen LogP) is 5.17. The van der Waals surface area contributed by atoms with Gasteiger partial charge in [0.25, 0.3) is 0 Å². The van der Waals surface area contributed by atoms with E-state index in [1.165, 1.54) is 0 Å². The molecule has 156 valence electrons. The highest BCUT2D eigenvalue weighted by atomic mass is 35.5. The van der Waals surface area contributed by atoms with E-state index in [-0.39, 0.29) is 0 Å². The molecule has 4 rings (SSSR count). The van der Waals surface area contributed by atoms with E-state index in [9.17, 15) is 0 Å². The third kappa shape index (κ3) is 4.58. The number of hydrogen-bond acceptors (Lipinski definition) is 5. The van der Waals surface area contributed by atoms with Gasteiger partial charge >= 0.3 is 0 Å². The van der Waals surface area contributed by atoms with Crippen LogP contribution < -0.4 is 15.4 Å². The minimum Gasteiger partial charge on any atom is -0.497 e. The Morgan fingerprint density at radius 1 is 1.03 bits per heavy atom. The van der Waals surface area contributed by atoms with Crippen molar-refractivity contribution in [2.24, 2.45) is 5.73 Å². The summed E-state index contributed by atoms with van der Waals surface area (Å²) in [5, 5.41) is 1.72. The Hall–Kier alpha value is -2.63. The van der Waals surface area contributed by atoms with Crippen LogP contribution in [0.25, 0.3) is 23.1 Å². The molecule has 1 aliphatic rings. The molecule has 2 N–H and O–H groups in total. The van der Waals surface area contributed by atoms with Gasteiger partial charge in [-0.3, -0.25) is 0 Å². The number of hydrogen-bond donors (Lipinski definition) is 1. The predicted molar refractivity (Wildman–Crippen MR) is 125 cm³/mol. The van der Waals surface area contributed by atoms with Gasteiger partial charge in [-0.05, 0) is 67.7 Å². The molecule has 30 heavy (non-hydrogen) atoms. The number of halogens is 1. The number of methoxy groups -OCH3 is 1. The normalized spacial score (nSPS) is 19.3. The Balaban J connectivity index is 1.72. The van der Waals surface area contributed by atoms with Gasteiger partial charge in [-0.1, -0.05) is 29.8 Å². The van der Waals surface area contributed by atoms with E-state index < -0.39 is 0 Å². The van der Waals surface area contributed by atoms with Crippen molar-refractivity contribution in [3.05, 3.63) is 58.9 Å². The summed E-state index contributed by atoms with van der Waals surface area (Å²) in [5.74, 6) is 2.41. The van der Waals surface area contributed by atoms with Crippen LogP contribution in [0.15, 0.2) is 42.5 Å². The standard InChI is InChI=1S/C24H27ClN4O/c1-29(19-10-8-18(26)9-11-19)24-21-15-20(30-2)12-13-22(21)27-23(28-24)14-5-16-3-6-17(25)7-4-16/h3-7,12-15,18-19H,8-11,26H2,1-2H3. The number of anilines is 1. The van der Waals surface area contributed by atoms with Gasteiger partial charge in [-0.25, -0.2) is 9.97 Å². The third-order valence-electron chi connectivity index (χ3n) is 5.82. The van der Waals surface area contributed by atoms with Crippen LogP contribution in [0, 0.1) is 0 Å². The molecule has 2 aromatic carbocycles.